The quantitative estimate of drug-likeness (QED) is 0.823. The van der Waals surface area contributed by atoms with Gasteiger partial charge in [-0.15, -0.1) is 0 Å². The van der Waals surface area contributed by atoms with E-state index >= 15 is 0 Å². The molecule has 3 rings (SSSR count). The highest BCUT2D eigenvalue weighted by Crippen LogP contribution is 2.37. The van der Waals surface area contributed by atoms with E-state index in [0.29, 0.717) is 30.6 Å². The van der Waals surface area contributed by atoms with Crippen molar-refractivity contribution in [3.8, 4) is 6.07 Å². The van der Waals surface area contributed by atoms with Gasteiger partial charge < -0.3 is 9.47 Å². The van der Waals surface area contributed by atoms with Crippen molar-refractivity contribution < 1.29 is 13.9 Å². The topological polar surface area (TPSA) is 42.2 Å². The monoisotopic (exact) mass is 303 g/mol. The lowest BCUT2D eigenvalue weighted by Gasteiger charge is -2.37. The Hall–Kier alpha value is -1.44. The zero-order chi connectivity index (χ0) is 15.5. The van der Waals surface area contributed by atoms with Gasteiger partial charge in [-0.05, 0) is 36.8 Å². The molecule has 0 spiro atoms. The minimum atomic E-state index is -0.518. The molecule has 1 saturated heterocycles. The van der Waals surface area contributed by atoms with Gasteiger partial charge in [0.2, 0.25) is 0 Å². The van der Waals surface area contributed by atoms with Crippen molar-refractivity contribution in [3.63, 3.8) is 0 Å². The Balaban J connectivity index is 1.57. The normalized spacial score (nSPS) is 32.4. The average Bonchev–Trinajstić information content (AvgIpc) is 2.56. The van der Waals surface area contributed by atoms with E-state index in [9.17, 15) is 4.39 Å². The van der Waals surface area contributed by atoms with Gasteiger partial charge in [-0.25, -0.2) is 4.39 Å². The standard InChI is InChI=1S/C18H22FNO2/c1-12-2-4-13(5-3-12)16-10-21-18(22-11-16)14-6-7-15(9-20)17(19)8-14/h6-8,12-13,16,18H,2-5,10-11H2,1H3/t12-,13-,16?,18?. The molecule has 0 amide bonds. The molecular weight excluding hydrogens is 281 g/mol. The first-order valence-electron chi connectivity index (χ1n) is 8.10. The minimum absolute atomic E-state index is 0.0498. The smallest absolute Gasteiger partial charge is 0.183 e. The number of nitrogens with zero attached hydrogens (tertiary/aromatic N) is 1. The summed E-state index contributed by atoms with van der Waals surface area (Å²) in [5.41, 5.74) is 0.695. The molecule has 22 heavy (non-hydrogen) atoms. The van der Waals surface area contributed by atoms with E-state index in [-0.39, 0.29) is 5.56 Å². The summed E-state index contributed by atoms with van der Waals surface area (Å²) in [4.78, 5) is 0. The van der Waals surface area contributed by atoms with Crippen molar-refractivity contribution in [2.24, 2.45) is 17.8 Å². The summed E-state index contributed by atoms with van der Waals surface area (Å²) in [5.74, 6) is 1.47. The van der Waals surface area contributed by atoms with Crippen molar-refractivity contribution in [1.29, 1.82) is 5.26 Å². The molecule has 0 N–H and O–H groups in total. The number of rotatable bonds is 2. The van der Waals surface area contributed by atoms with Crippen molar-refractivity contribution in [2.45, 2.75) is 38.9 Å². The van der Waals surface area contributed by atoms with E-state index in [1.807, 2.05) is 6.07 Å². The summed E-state index contributed by atoms with van der Waals surface area (Å²) in [6, 6.07) is 6.34. The number of benzene rings is 1. The molecular formula is C18H22FNO2. The zero-order valence-electron chi connectivity index (χ0n) is 12.9. The molecule has 1 aliphatic carbocycles. The van der Waals surface area contributed by atoms with Crippen LogP contribution in [0.5, 0.6) is 0 Å². The summed E-state index contributed by atoms with van der Waals surface area (Å²) in [6.45, 7) is 3.66. The number of hydrogen-bond donors (Lipinski definition) is 0. The van der Waals surface area contributed by atoms with Crippen LogP contribution in [0.25, 0.3) is 0 Å². The van der Waals surface area contributed by atoms with Gasteiger partial charge in [0.25, 0.3) is 0 Å². The molecule has 1 heterocycles. The lowest BCUT2D eigenvalue weighted by atomic mass is 9.76. The first-order chi connectivity index (χ1) is 10.7. The first kappa shape index (κ1) is 15.5. The number of ether oxygens (including phenoxy) is 2. The molecule has 0 radical (unpaired) electrons. The van der Waals surface area contributed by atoms with Crippen LogP contribution in [0, 0.1) is 34.9 Å². The maximum atomic E-state index is 13.7. The molecule has 0 atom stereocenters. The summed E-state index contributed by atoms with van der Waals surface area (Å²) >= 11 is 0. The Kier molecular flexibility index (Phi) is 4.75. The van der Waals surface area contributed by atoms with Gasteiger partial charge in [-0.2, -0.15) is 5.26 Å². The molecule has 1 aliphatic heterocycles. The third-order valence-electron chi connectivity index (χ3n) is 5.04. The van der Waals surface area contributed by atoms with Gasteiger partial charge in [-0.3, -0.25) is 0 Å². The molecule has 3 nitrogen and oxygen atoms in total. The lowest BCUT2D eigenvalue weighted by Crippen LogP contribution is -2.34. The Morgan fingerprint density at radius 1 is 1.09 bits per heavy atom. The fourth-order valence-electron chi connectivity index (χ4n) is 3.51. The summed E-state index contributed by atoms with van der Waals surface area (Å²) in [5, 5.41) is 8.76. The Bertz CT molecular complexity index is 553. The van der Waals surface area contributed by atoms with E-state index in [4.69, 9.17) is 14.7 Å². The summed E-state index contributed by atoms with van der Waals surface area (Å²) < 4.78 is 25.3. The van der Waals surface area contributed by atoms with Crippen LogP contribution in [0.3, 0.4) is 0 Å². The molecule has 118 valence electrons. The third-order valence-corrected chi connectivity index (χ3v) is 5.04. The van der Waals surface area contributed by atoms with Gasteiger partial charge in [-0.1, -0.05) is 25.8 Å². The second kappa shape index (κ2) is 6.76. The fraction of sp³-hybridized carbons (Fsp3) is 0.611. The van der Waals surface area contributed by atoms with Crippen LogP contribution in [0.15, 0.2) is 18.2 Å². The maximum absolute atomic E-state index is 13.7. The molecule has 0 bridgehead atoms. The van der Waals surface area contributed by atoms with Crippen LogP contribution in [0.4, 0.5) is 4.39 Å². The number of hydrogen-bond acceptors (Lipinski definition) is 3. The van der Waals surface area contributed by atoms with Gasteiger partial charge in [0.05, 0.1) is 18.8 Å². The van der Waals surface area contributed by atoms with Crippen molar-refractivity contribution in [3.05, 3.63) is 35.1 Å². The van der Waals surface area contributed by atoms with E-state index in [2.05, 4.69) is 6.92 Å². The van der Waals surface area contributed by atoms with Crippen LogP contribution < -0.4 is 0 Å². The van der Waals surface area contributed by atoms with Crippen molar-refractivity contribution in [2.75, 3.05) is 13.2 Å². The molecule has 1 saturated carbocycles. The van der Waals surface area contributed by atoms with Crippen LogP contribution in [-0.4, -0.2) is 13.2 Å². The predicted octanol–water partition coefficient (Wildman–Crippen LogP) is 4.19. The number of nitriles is 1. The van der Waals surface area contributed by atoms with Gasteiger partial charge >= 0.3 is 0 Å². The van der Waals surface area contributed by atoms with E-state index in [1.54, 1.807) is 6.07 Å². The molecule has 1 aromatic rings. The van der Waals surface area contributed by atoms with Crippen LogP contribution in [-0.2, 0) is 9.47 Å². The fourth-order valence-corrected chi connectivity index (χ4v) is 3.51. The van der Waals surface area contributed by atoms with Gasteiger partial charge in [0, 0.05) is 11.5 Å². The highest BCUT2D eigenvalue weighted by atomic mass is 19.1. The highest BCUT2D eigenvalue weighted by molar-refractivity contribution is 5.33. The largest absolute Gasteiger partial charge is 0.348 e. The molecule has 2 aliphatic rings. The van der Waals surface area contributed by atoms with E-state index in [0.717, 1.165) is 5.92 Å². The molecule has 0 aromatic heterocycles. The lowest BCUT2D eigenvalue weighted by molar-refractivity contribution is -0.214. The summed E-state index contributed by atoms with van der Waals surface area (Å²) in [6.07, 6.45) is 4.60. The first-order valence-corrected chi connectivity index (χ1v) is 8.10. The predicted molar refractivity (Wildman–Crippen MR) is 80.4 cm³/mol. The van der Waals surface area contributed by atoms with Crippen LogP contribution in [0.2, 0.25) is 0 Å². The third kappa shape index (κ3) is 3.31. The highest BCUT2D eigenvalue weighted by Gasteiger charge is 2.31. The van der Waals surface area contributed by atoms with Crippen LogP contribution >= 0.6 is 0 Å². The number of halogens is 1. The van der Waals surface area contributed by atoms with Gasteiger partial charge in [0.1, 0.15) is 11.9 Å². The van der Waals surface area contributed by atoms with Crippen molar-refractivity contribution >= 4 is 0 Å². The minimum Gasteiger partial charge on any atom is -0.348 e. The second-order valence-electron chi connectivity index (χ2n) is 6.63. The second-order valence-corrected chi connectivity index (χ2v) is 6.63. The Morgan fingerprint density at radius 2 is 1.77 bits per heavy atom. The molecule has 4 heteroatoms. The Labute approximate surface area is 131 Å². The Morgan fingerprint density at radius 3 is 2.36 bits per heavy atom. The maximum Gasteiger partial charge on any atom is 0.183 e. The van der Waals surface area contributed by atoms with Crippen molar-refractivity contribution in [1.82, 2.24) is 0 Å². The molecule has 1 aromatic carbocycles. The molecule has 0 unspecified atom stereocenters. The van der Waals surface area contributed by atoms with E-state index < -0.39 is 12.1 Å². The SMILES string of the molecule is C[C@H]1CC[C@H](C2COC(c3ccc(C#N)c(F)c3)OC2)CC1. The summed E-state index contributed by atoms with van der Waals surface area (Å²) in [7, 11) is 0. The zero-order valence-corrected chi connectivity index (χ0v) is 12.9. The molecule has 2 fully saturated rings. The van der Waals surface area contributed by atoms with E-state index in [1.165, 1.54) is 37.8 Å². The van der Waals surface area contributed by atoms with Gasteiger partial charge in [0.15, 0.2) is 6.29 Å². The van der Waals surface area contributed by atoms with Crippen LogP contribution in [0.1, 0.15) is 50.0 Å². The average molecular weight is 303 g/mol.